The Kier molecular flexibility index (Phi) is 3.57. The predicted octanol–water partition coefficient (Wildman–Crippen LogP) is 2.79. The number of amides is 1. The number of aliphatic carboxylic acids is 1. The van der Waals surface area contributed by atoms with Gasteiger partial charge in [-0.25, -0.2) is 4.98 Å². The molecule has 2 atom stereocenters. The number of carbonyl (C=O) groups is 2. The summed E-state index contributed by atoms with van der Waals surface area (Å²) in [6.07, 6.45) is 1.43. The summed E-state index contributed by atoms with van der Waals surface area (Å²) in [5.41, 5.74) is -0.0411. The largest absolute Gasteiger partial charge is 0.481 e. The first kappa shape index (κ1) is 14.3. The molecule has 1 fully saturated rings. The first-order chi connectivity index (χ1) is 8.75. The summed E-state index contributed by atoms with van der Waals surface area (Å²) in [6.45, 7) is 3.54. The summed E-state index contributed by atoms with van der Waals surface area (Å²) < 4.78 is 0.566. The Morgan fingerprint density at radius 3 is 2.58 bits per heavy atom. The molecule has 0 radical (unpaired) electrons. The standard InChI is InChI=1S/C12H12BrClN2O3/c1-12(2)7(8(12)11(18)19)10(17)16-5-3-6(13)9(14)15-4-5/h3-4,7-8H,1-2H3,(H,16,17)(H,18,19). The second kappa shape index (κ2) is 4.76. The molecule has 0 aromatic carbocycles. The summed E-state index contributed by atoms with van der Waals surface area (Å²) in [6, 6.07) is 1.62. The van der Waals surface area contributed by atoms with Crippen molar-refractivity contribution in [2.24, 2.45) is 17.3 Å². The summed E-state index contributed by atoms with van der Waals surface area (Å²) in [7, 11) is 0. The molecule has 19 heavy (non-hydrogen) atoms. The van der Waals surface area contributed by atoms with E-state index in [-0.39, 0.29) is 5.91 Å². The molecule has 0 spiro atoms. The molecule has 7 heteroatoms. The van der Waals surface area contributed by atoms with E-state index in [4.69, 9.17) is 16.7 Å². The number of rotatable bonds is 3. The van der Waals surface area contributed by atoms with Gasteiger partial charge in [0.25, 0.3) is 0 Å². The Morgan fingerprint density at radius 2 is 2.11 bits per heavy atom. The molecule has 1 aliphatic carbocycles. The number of nitrogens with zero attached hydrogens (tertiary/aromatic N) is 1. The Labute approximate surface area is 123 Å². The molecule has 102 valence electrons. The van der Waals surface area contributed by atoms with Crippen LogP contribution in [-0.4, -0.2) is 22.0 Å². The maximum absolute atomic E-state index is 12.1. The van der Waals surface area contributed by atoms with Gasteiger partial charge < -0.3 is 10.4 Å². The minimum absolute atomic E-state index is 0.299. The molecule has 2 rings (SSSR count). The Morgan fingerprint density at radius 1 is 1.47 bits per heavy atom. The first-order valence-electron chi connectivity index (χ1n) is 5.60. The zero-order valence-corrected chi connectivity index (χ0v) is 12.6. The number of nitrogens with one attached hydrogen (secondary N) is 1. The monoisotopic (exact) mass is 346 g/mol. The zero-order valence-electron chi connectivity index (χ0n) is 10.3. The second-order valence-corrected chi connectivity index (χ2v) is 6.31. The number of carboxylic acid groups (broad SMARTS) is 1. The predicted molar refractivity (Wildman–Crippen MR) is 74.0 cm³/mol. The van der Waals surface area contributed by atoms with Crippen LogP contribution in [0.1, 0.15) is 13.8 Å². The summed E-state index contributed by atoms with van der Waals surface area (Å²) in [4.78, 5) is 27.0. The van der Waals surface area contributed by atoms with Crippen molar-refractivity contribution >= 4 is 45.1 Å². The Balaban J connectivity index is 2.10. The van der Waals surface area contributed by atoms with Crippen LogP contribution in [0.4, 0.5) is 5.69 Å². The number of aromatic nitrogens is 1. The van der Waals surface area contributed by atoms with Crippen LogP contribution in [0.15, 0.2) is 16.7 Å². The minimum atomic E-state index is -0.944. The van der Waals surface area contributed by atoms with Gasteiger partial charge >= 0.3 is 5.97 Å². The fourth-order valence-corrected chi connectivity index (χ4v) is 2.75. The van der Waals surface area contributed by atoms with Crippen molar-refractivity contribution in [1.82, 2.24) is 4.98 Å². The van der Waals surface area contributed by atoms with Crippen molar-refractivity contribution in [3.8, 4) is 0 Å². The van der Waals surface area contributed by atoms with Gasteiger partial charge in [0.05, 0.1) is 28.2 Å². The highest BCUT2D eigenvalue weighted by Gasteiger charge is 2.65. The molecule has 0 aliphatic heterocycles. The molecule has 0 saturated heterocycles. The SMILES string of the molecule is CC1(C)C(C(=O)O)C1C(=O)Nc1cnc(Cl)c(Br)c1. The van der Waals surface area contributed by atoms with E-state index in [0.717, 1.165) is 0 Å². The number of carboxylic acids is 1. The lowest BCUT2D eigenvalue weighted by atomic mass is 10.1. The van der Waals surface area contributed by atoms with Crippen LogP contribution in [0.3, 0.4) is 0 Å². The van der Waals surface area contributed by atoms with Gasteiger partial charge in [-0.1, -0.05) is 25.4 Å². The van der Waals surface area contributed by atoms with Crippen LogP contribution in [-0.2, 0) is 9.59 Å². The fourth-order valence-electron chi connectivity index (χ4n) is 2.30. The highest BCUT2D eigenvalue weighted by molar-refractivity contribution is 9.10. The molecule has 1 saturated carbocycles. The summed E-state index contributed by atoms with van der Waals surface area (Å²) in [5.74, 6) is -2.43. The molecule has 1 aromatic heterocycles. The number of hydrogen-bond acceptors (Lipinski definition) is 3. The first-order valence-corrected chi connectivity index (χ1v) is 6.77. The molecular weight excluding hydrogens is 336 g/mol. The van der Waals surface area contributed by atoms with Crippen molar-refractivity contribution in [2.45, 2.75) is 13.8 Å². The molecule has 2 N–H and O–H groups in total. The maximum atomic E-state index is 12.1. The van der Waals surface area contributed by atoms with E-state index in [9.17, 15) is 9.59 Å². The zero-order chi connectivity index (χ0) is 14.4. The minimum Gasteiger partial charge on any atom is -0.481 e. The number of anilines is 1. The fraction of sp³-hybridized carbons (Fsp3) is 0.417. The van der Waals surface area contributed by atoms with E-state index >= 15 is 0 Å². The van der Waals surface area contributed by atoms with Gasteiger partial charge in [-0.3, -0.25) is 9.59 Å². The molecule has 1 aliphatic rings. The van der Waals surface area contributed by atoms with Crippen LogP contribution in [0.2, 0.25) is 5.15 Å². The summed E-state index contributed by atoms with van der Waals surface area (Å²) >= 11 is 8.96. The highest BCUT2D eigenvalue weighted by Crippen LogP contribution is 2.58. The molecular formula is C12H12BrClN2O3. The number of pyridine rings is 1. The number of halogens is 2. The quantitative estimate of drug-likeness (QED) is 0.824. The van der Waals surface area contributed by atoms with Gasteiger partial charge in [-0.05, 0) is 27.4 Å². The average molecular weight is 348 g/mol. The highest BCUT2D eigenvalue weighted by atomic mass is 79.9. The smallest absolute Gasteiger partial charge is 0.307 e. The van der Waals surface area contributed by atoms with Gasteiger partial charge in [0.15, 0.2) is 0 Å². The van der Waals surface area contributed by atoms with E-state index < -0.39 is 23.2 Å². The van der Waals surface area contributed by atoms with E-state index in [1.165, 1.54) is 6.20 Å². The van der Waals surface area contributed by atoms with Crippen molar-refractivity contribution in [1.29, 1.82) is 0 Å². The van der Waals surface area contributed by atoms with Gasteiger partial charge in [0, 0.05) is 0 Å². The molecule has 1 heterocycles. The third kappa shape index (κ3) is 2.60. The normalized spacial score (nSPS) is 23.8. The van der Waals surface area contributed by atoms with Crippen LogP contribution in [0.5, 0.6) is 0 Å². The van der Waals surface area contributed by atoms with Crippen LogP contribution >= 0.6 is 27.5 Å². The number of carbonyl (C=O) groups excluding carboxylic acids is 1. The van der Waals surface area contributed by atoms with E-state index in [1.54, 1.807) is 19.9 Å². The van der Waals surface area contributed by atoms with Crippen LogP contribution in [0.25, 0.3) is 0 Å². The van der Waals surface area contributed by atoms with Crippen LogP contribution < -0.4 is 5.32 Å². The number of hydrogen-bond donors (Lipinski definition) is 2. The molecule has 0 bridgehead atoms. The molecule has 1 amide bonds. The summed E-state index contributed by atoms with van der Waals surface area (Å²) in [5, 5.41) is 12.0. The lowest BCUT2D eigenvalue weighted by Gasteiger charge is -2.06. The van der Waals surface area contributed by atoms with Gasteiger partial charge in [-0.15, -0.1) is 0 Å². The van der Waals surface area contributed by atoms with Crippen molar-refractivity contribution in [3.05, 3.63) is 21.9 Å². The van der Waals surface area contributed by atoms with Crippen molar-refractivity contribution in [2.75, 3.05) is 5.32 Å². The average Bonchev–Trinajstić information content (AvgIpc) is 2.87. The third-order valence-corrected chi connectivity index (χ3v) is 4.57. The Bertz CT molecular complexity index is 562. The lowest BCUT2D eigenvalue weighted by molar-refractivity contribution is -0.140. The van der Waals surface area contributed by atoms with E-state index in [1.807, 2.05) is 0 Å². The van der Waals surface area contributed by atoms with Crippen LogP contribution in [0, 0.1) is 17.3 Å². The second-order valence-electron chi connectivity index (χ2n) is 5.10. The van der Waals surface area contributed by atoms with Crippen molar-refractivity contribution in [3.63, 3.8) is 0 Å². The molecule has 1 aromatic rings. The Hall–Kier alpha value is -1.14. The van der Waals surface area contributed by atoms with Gasteiger partial charge in [-0.2, -0.15) is 0 Å². The molecule has 2 unspecified atom stereocenters. The molecule has 5 nitrogen and oxygen atoms in total. The lowest BCUT2D eigenvalue weighted by Crippen LogP contribution is -2.17. The third-order valence-electron chi connectivity index (χ3n) is 3.44. The maximum Gasteiger partial charge on any atom is 0.307 e. The van der Waals surface area contributed by atoms with Gasteiger partial charge in [0.1, 0.15) is 5.15 Å². The van der Waals surface area contributed by atoms with E-state index in [0.29, 0.717) is 15.3 Å². The van der Waals surface area contributed by atoms with Gasteiger partial charge in [0.2, 0.25) is 5.91 Å². The van der Waals surface area contributed by atoms with E-state index in [2.05, 4.69) is 26.2 Å². The topological polar surface area (TPSA) is 79.3 Å². The van der Waals surface area contributed by atoms with Crippen molar-refractivity contribution < 1.29 is 14.7 Å².